The minimum Gasteiger partial charge on any atom is -0.488 e. The lowest BCUT2D eigenvalue weighted by Gasteiger charge is -2.30. The Hall–Kier alpha value is -5.82. The number of rotatable bonds is 12. The fourth-order valence-electron chi connectivity index (χ4n) is 5.01. The van der Waals surface area contributed by atoms with Crippen molar-refractivity contribution in [1.82, 2.24) is 16.1 Å². The van der Waals surface area contributed by atoms with Crippen LogP contribution >= 0.6 is 12.2 Å². The first kappa shape index (κ1) is 32.6. The molecule has 0 saturated heterocycles. The van der Waals surface area contributed by atoms with E-state index < -0.39 is 22.8 Å². The second kappa shape index (κ2) is 15.0. The molecule has 12 nitrogen and oxygen atoms in total. The predicted octanol–water partition coefficient (Wildman–Crippen LogP) is 5.21. The molecule has 5 rings (SSSR count). The largest absolute Gasteiger partial charge is 0.488 e. The minimum atomic E-state index is -0.657. The van der Waals surface area contributed by atoms with Crippen LogP contribution in [-0.4, -0.2) is 41.3 Å². The number of hydrogen-bond donors (Lipinski definition) is 3. The Morgan fingerprint density at radius 1 is 1.00 bits per heavy atom. The number of benzene rings is 4. The van der Waals surface area contributed by atoms with E-state index >= 15 is 0 Å². The van der Waals surface area contributed by atoms with E-state index in [0.717, 1.165) is 16.3 Å². The summed E-state index contributed by atoms with van der Waals surface area (Å²) in [6, 6.07) is 23.9. The van der Waals surface area contributed by atoms with Gasteiger partial charge in [0.25, 0.3) is 11.6 Å². The Morgan fingerprint density at radius 3 is 2.51 bits per heavy atom. The minimum absolute atomic E-state index is 0.00379. The lowest BCUT2D eigenvalue weighted by Crippen LogP contribution is -2.45. The van der Waals surface area contributed by atoms with Gasteiger partial charge in [0, 0.05) is 29.0 Å². The summed E-state index contributed by atoms with van der Waals surface area (Å²) in [5.41, 5.74) is 5.39. The molecular weight excluding hydrogens is 622 g/mol. The zero-order valence-corrected chi connectivity index (χ0v) is 26.3. The topological polar surface area (TPSA) is 153 Å². The van der Waals surface area contributed by atoms with Gasteiger partial charge in [0.1, 0.15) is 18.1 Å². The molecular formula is C34H31N5O7S. The molecule has 240 valence electrons. The number of para-hydroxylation sites is 1. The third-order valence-electron chi connectivity index (χ3n) is 7.21. The second-order valence-corrected chi connectivity index (χ2v) is 10.7. The van der Waals surface area contributed by atoms with Crippen LogP contribution in [0.15, 0.2) is 101 Å². The third kappa shape index (κ3) is 7.89. The van der Waals surface area contributed by atoms with Gasteiger partial charge in [-0.3, -0.25) is 14.9 Å². The average molecular weight is 654 g/mol. The first-order chi connectivity index (χ1) is 22.7. The first-order valence-electron chi connectivity index (χ1n) is 14.6. The van der Waals surface area contributed by atoms with Crippen LogP contribution in [-0.2, 0) is 20.9 Å². The van der Waals surface area contributed by atoms with Crippen molar-refractivity contribution < 1.29 is 28.7 Å². The summed E-state index contributed by atoms with van der Waals surface area (Å²) in [7, 11) is 0. The van der Waals surface area contributed by atoms with Gasteiger partial charge in [0.05, 0.1) is 29.4 Å². The second-order valence-electron chi connectivity index (χ2n) is 10.3. The molecule has 1 aliphatic rings. The SMILES string of the molecule is CCOC(=O)C1=C(C)NC(=S)N[C@@H]1c1ccccc1OCC(=O)NN=Cc1c(OCc2ccc([N+](=O)[O-])cc2)ccc2ccccc12. The highest BCUT2D eigenvalue weighted by Gasteiger charge is 2.32. The first-order valence-corrected chi connectivity index (χ1v) is 15.0. The summed E-state index contributed by atoms with van der Waals surface area (Å²) in [6.45, 7) is 3.48. The number of non-ortho nitro benzene ring substituents is 1. The quantitative estimate of drug-likeness (QED) is 0.0611. The Bertz CT molecular complexity index is 1890. The Morgan fingerprint density at radius 2 is 1.74 bits per heavy atom. The molecule has 0 unspecified atom stereocenters. The van der Waals surface area contributed by atoms with E-state index in [1.807, 2.05) is 30.3 Å². The lowest BCUT2D eigenvalue weighted by molar-refractivity contribution is -0.384. The molecule has 0 aromatic heterocycles. The number of carbonyl (C=O) groups is 2. The summed E-state index contributed by atoms with van der Waals surface area (Å²) in [5.74, 6) is -0.127. The standard InChI is InChI=1S/C34H31N5O7S/c1-3-44-33(41)31-21(2)36-34(47)37-32(31)26-10-6-7-11-28(26)46-20-30(40)38-35-18-27-25-9-5-4-8-23(25)14-17-29(27)45-19-22-12-15-24(16-13-22)39(42)43/h4-18,32H,3,19-20H2,1-2H3,(H,38,40)(H2,36,37,47)/t32-/m1/s1. The van der Waals surface area contributed by atoms with Crippen molar-refractivity contribution in [3.05, 3.63) is 123 Å². The van der Waals surface area contributed by atoms with E-state index in [-0.39, 0.29) is 25.5 Å². The van der Waals surface area contributed by atoms with Crippen LogP contribution in [0, 0.1) is 10.1 Å². The van der Waals surface area contributed by atoms with Gasteiger partial charge in [-0.1, -0.05) is 48.5 Å². The third-order valence-corrected chi connectivity index (χ3v) is 7.43. The van der Waals surface area contributed by atoms with Crippen LogP contribution in [0.5, 0.6) is 11.5 Å². The Balaban J connectivity index is 1.29. The van der Waals surface area contributed by atoms with Crippen molar-refractivity contribution in [3.63, 3.8) is 0 Å². The highest BCUT2D eigenvalue weighted by Crippen LogP contribution is 2.34. The van der Waals surface area contributed by atoms with Gasteiger partial charge in [-0.15, -0.1) is 0 Å². The zero-order valence-electron chi connectivity index (χ0n) is 25.5. The Kier molecular flexibility index (Phi) is 10.4. The normalized spacial score (nSPS) is 14.3. The summed E-state index contributed by atoms with van der Waals surface area (Å²) < 4.78 is 17.2. The number of thiocarbonyl (C=S) groups is 1. The summed E-state index contributed by atoms with van der Waals surface area (Å²) in [4.78, 5) is 36.2. The molecule has 0 radical (unpaired) electrons. The highest BCUT2D eigenvalue weighted by atomic mass is 32.1. The molecule has 47 heavy (non-hydrogen) atoms. The van der Waals surface area contributed by atoms with E-state index in [9.17, 15) is 19.7 Å². The molecule has 4 aromatic rings. The highest BCUT2D eigenvalue weighted by molar-refractivity contribution is 7.80. The van der Waals surface area contributed by atoms with Crippen LogP contribution in [0.3, 0.4) is 0 Å². The molecule has 1 amide bonds. The van der Waals surface area contributed by atoms with Crippen LogP contribution in [0.2, 0.25) is 0 Å². The maximum Gasteiger partial charge on any atom is 0.338 e. The molecule has 13 heteroatoms. The number of fused-ring (bicyclic) bond motifs is 1. The summed E-state index contributed by atoms with van der Waals surface area (Å²) in [6.07, 6.45) is 1.50. The molecule has 1 aliphatic heterocycles. The summed E-state index contributed by atoms with van der Waals surface area (Å²) in [5, 5.41) is 23.3. The molecule has 0 bridgehead atoms. The van der Waals surface area contributed by atoms with Crippen molar-refractivity contribution >= 4 is 51.9 Å². The van der Waals surface area contributed by atoms with Gasteiger partial charge in [-0.25, -0.2) is 10.2 Å². The van der Waals surface area contributed by atoms with E-state index in [4.69, 9.17) is 26.4 Å². The number of carbonyl (C=O) groups excluding carboxylic acids is 2. The van der Waals surface area contributed by atoms with Crippen molar-refractivity contribution in [2.45, 2.75) is 26.5 Å². The van der Waals surface area contributed by atoms with Gasteiger partial charge in [-0.2, -0.15) is 5.10 Å². The molecule has 0 aliphatic carbocycles. The molecule has 0 spiro atoms. The zero-order chi connectivity index (χ0) is 33.3. The maximum absolute atomic E-state index is 12.8. The smallest absolute Gasteiger partial charge is 0.338 e. The Labute approximate surface area is 275 Å². The molecule has 3 N–H and O–H groups in total. The number of nitrogens with one attached hydrogen (secondary N) is 3. The maximum atomic E-state index is 12.8. The van der Waals surface area contributed by atoms with Crippen molar-refractivity contribution in [2.75, 3.05) is 13.2 Å². The van der Waals surface area contributed by atoms with Gasteiger partial charge < -0.3 is 24.8 Å². The van der Waals surface area contributed by atoms with Gasteiger partial charge in [0.2, 0.25) is 0 Å². The molecule has 0 saturated carbocycles. The van der Waals surface area contributed by atoms with Gasteiger partial charge >= 0.3 is 5.97 Å². The average Bonchev–Trinajstić information content (AvgIpc) is 3.06. The van der Waals surface area contributed by atoms with E-state index in [1.165, 1.54) is 18.3 Å². The summed E-state index contributed by atoms with van der Waals surface area (Å²) >= 11 is 5.33. The molecule has 1 heterocycles. The number of nitro groups is 1. The van der Waals surface area contributed by atoms with Crippen molar-refractivity contribution in [3.8, 4) is 11.5 Å². The number of nitrogens with zero attached hydrogens (tertiary/aromatic N) is 2. The molecule has 4 aromatic carbocycles. The van der Waals surface area contributed by atoms with Crippen LogP contribution in [0.4, 0.5) is 5.69 Å². The van der Waals surface area contributed by atoms with Crippen molar-refractivity contribution in [1.29, 1.82) is 0 Å². The van der Waals surface area contributed by atoms with E-state index in [2.05, 4.69) is 21.2 Å². The van der Waals surface area contributed by atoms with Crippen LogP contribution in [0.1, 0.15) is 36.6 Å². The number of allylic oxidation sites excluding steroid dienone is 1. The van der Waals surface area contributed by atoms with Gasteiger partial charge in [-0.05, 0) is 66.7 Å². The van der Waals surface area contributed by atoms with E-state index in [1.54, 1.807) is 56.3 Å². The fraction of sp³-hybridized carbons (Fsp3) is 0.176. The molecule has 0 fully saturated rings. The number of hydrogen-bond acceptors (Lipinski definition) is 9. The number of amides is 1. The number of hydrazone groups is 1. The monoisotopic (exact) mass is 653 g/mol. The predicted molar refractivity (Wildman–Crippen MR) is 180 cm³/mol. The lowest BCUT2D eigenvalue weighted by atomic mass is 9.95. The number of nitro benzene ring substituents is 1. The molecule has 1 atom stereocenters. The van der Waals surface area contributed by atoms with Crippen molar-refractivity contribution in [2.24, 2.45) is 5.10 Å². The fourth-order valence-corrected chi connectivity index (χ4v) is 5.28. The number of esters is 1. The van der Waals surface area contributed by atoms with Crippen LogP contribution in [0.25, 0.3) is 10.8 Å². The number of ether oxygens (including phenoxy) is 3. The van der Waals surface area contributed by atoms with Crippen LogP contribution < -0.4 is 25.5 Å². The van der Waals surface area contributed by atoms with Gasteiger partial charge in [0.15, 0.2) is 11.7 Å². The van der Waals surface area contributed by atoms with E-state index in [0.29, 0.717) is 39.0 Å².